The van der Waals surface area contributed by atoms with Crippen molar-refractivity contribution >= 4 is 28.9 Å². The van der Waals surface area contributed by atoms with E-state index in [0.717, 1.165) is 36.4 Å². The fraction of sp³-hybridized carbons (Fsp3) is 0.316. The molecular weight excluding hydrogens is 340 g/mol. The molecule has 0 aliphatic carbocycles. The van der Waals surface area contributed by atoms with Crippen molar-refractivity contribution < 1.29 is 14.6 Å². The van der Waals surface area contributed by atoms with Gasteiger partial charge in [0.15, 0.2) is 0 Å². The number of hydrogen-bond donors (Lipinski definition) is 3. The minimum atomic E-state index is -0.421. The summed E-state index contributed by atoms with van der Waals surface area (Å²) in [6.45, 7) is 3.77. The van der Waals surface area contributed by atoms with Gasteiger partial charge in [-0.1, -0.05) is 23.7 Å². The maximum atomic E-state index is 11.8. The molecule has 0 aliphatic heterocycles. The molecule has 2 aromatic carbocycles. The number of anilines is 2. The molecule has 134 valence electrons. The predicted molar refractivity (Wildman–Crippen MR) is 101 cm³/mol. The number of ether oxygens (including phenoxy) is 1. The molecule has 0 bridgehead atoms. The van der Waals surface area contributed by atoms with Gasteiger partial charge in [0.1, 0.15) is 0 Å². The average Bonchev–Trinajstić information content (AvgIpc) is 2.59. The van der Waals surface area contributed by atoms with Crippen molar-refractivity contribution in [2.45, 2.75) is 19.9 Å². The first-order valence-electron chi connectivity index (χ1n) is 8.28. The van der Waals surface area contributed by atoms with Crippen molar-refractivity contribution in [1.29, 1.82) is 0 Å². The highest BCUT2D eigenvalue weighted by molar-refractivity contribution is 6.33. The summed E-state index contributed by atoms with van der Waals surface area (Å²) in [5.74, 6) is -0.421. The van der Waals surface area contributed by atoms with Gasteiger partial charge in [0.05, 0.1) is 17.2 Å². The van der Waals surface area contributed by atoms with E-state index < -0.39 is 5.97 Å². The normalized spacial score (nSPS) is 10.5. The van der Waals surface area contributed by atoms with Gasteiger partial charge in [-0.25, -0.2) is 4.79 Å². The van der Waals surface area contributed by atoms with Crippen molar-refractivity contribution in [3.63, 3.8) is 0 Å². The maximum Gasteiger partial charge on any atom is 0.339 e. The van der Waals surface area contributed by atoms with Crippen LogP contribution in [0.25, 0.3) is 0 Å². The Morgan fingerprint density at radius 1 is 1.20 bits per heavy atom. The molecule has 0 spiro atoms. The number of hydrogen-bond acceptors (Lipinski definition) is 5. The third-order valence-corrected chi connectivity index (χ3v) is 3.83. The van der Waals surface area contributed by atoms with E-state index in [1.54, 1.807) is 25.1 Å². The van der Waals surface area contributed by atoms with Gasteiger partial charge in [-0.3, -0.25) is 0 Å². The molecule has 3 N–H and O–H groups in total. The highest BCUT2D eigenvalue weighted by Crippen LogP contribution is 2.25. The number of halogens is 1. The molecule has 0 unspecified atom stereocenters. The zero-order valence-corrected chi connectivity index (χ0v) is 15.0. The largest absolute Gasteiger partial charge is 0.462 e. The Kier molecular flexibility index (Phi) is 7.73. The Balaban J connectivity index is 2.02. The van der Waals surface area contributed by atoms with Gasteiger partial charge >= 0.3 is 5.97 Å². The smallest absolute Gasteiger partial charge is 0.339 e. The van der Waals surface area contributed by atoms with E-state index in [2.05, 4.69) is 10.6 Å². The highest BCUT2D eigenvalue weighted by atomic mass is 35.5. The molecule has 2 rings (SSSR count). The Hall–Kier alpha value is -2.08. The summed E-state index contributed by atoms with van der Waals surface area (Å²) in [6.07, 6.45) is 0.739. The fourth-order valence-electron chi connectivity index (χ4n) is 2.33. The van der Waals surface area contributed by atoms with Gasteiger partial charge in [-0.05, 0) is 55.8 Å². The second kappa shape index (κ2) is 10.0. The number of benzene rings is 2. The second-order valence-corrected chi connectivity index (χ2v) is 5.90. The van der Waals surface area contributed by atoms with Crippen LogP contribution in [0.3, 0.4) is 0 Å². The summed E-state index contributed by atoms with van der Waals surface area (Å²) < 4.78 is 4.97. The van der Waals surface area contributed by atoms with E-state index in [0.29, 0.717) is 17.2 Å². The number of nitrogens with one attached hydrogen (secondary N) is 2. The van der Waals surface area contributed by atoms with Crippen molar-refractivity contribution in [2.75, 3.05) is 25.1 Å². The molecule has 0 aromatic heterocycles. The van der Waals surface area contributed by atoms with E-state index >= 15 is 0 Å². The van der Waals surface area contributed by atoms with Crippen LogP contribution in [-0.4, -0.2) is 30.8 Å². The van der Waals surface area contributed by atoms with Crippen molar-refractivity contribution in [3.8, 4) is 0 Å². The number of aliphatic hydroxyl groups is 1. The average molecular weight is 363 g/mol. The number of aliphatic hydroxyl groups excluding tert-OH is 1. The molecular formula is C19H23ClN2O3. The third kappa shape index (κ3) is 6.05. The molecule has 2 aromatic rings. The van der Waals surface area contributed by atoms with Crippen LogP contribution >= 0.6 is 11.6 Å². The van der Waals surface area contributed by atoms with Gasteiger partial charge in [-0.15, -0.1) is 0 Å². The molecule has 0 saturated heterocycles. The minimum absolute atomic E-state index is 0.192. The zero-order chi connectivity index (χ0) is 18.1. The molecule has 0 aliphatic rings. The Morgan fingerprint density at radius 3 is 2.72 bits per heavy atom. The summed E-state index contributed by atoms with van der Waals surface area (Å²) in [5.41, 5.74) is 3.22. The molecule has 5 nitrogen and oxygen atoms in total. The van der Waals surface area contributed by atoms with E-state index in [1.807, 2.05) is 24.3 Å². The van der Waals surface area contributed by atoms with Crippen LogP contribution in [0.15, 0.2) is 42.5 Å². The van der Waals surface area contributed by atoms with Gasteiger partial charge in [0.2, 0.25) is 0 Å². The van der Waals surface area contributed by atoms with Crippen LogP contribution in [0.4, 0.5) is 11.4 Å². The summed E-state index contributed by atoms with van der Waals surface area (Å²) in [7, 11) is 0. The molecule has 0 fully saturated rings. The SMILES string of the molecule is CCOC(=O)c1ccc(Nc2cccc(CNCCCO)c2)cc1Cl. The van der Waals surface area contributed by atoms with Crippen molar-refractivity contribution in [2.24, 2.45) is 0 Å². The Labute approximate surface area is 153 Å². The first kappa shape index (κ1) is 19.2. The Morgan fingerprint density at radius 2 is 2.00 bits per heavy atom. The lowest BCUT2D eigenvalue weighted by Gasteiger charge is -2.11. The summed E-state index contributed by atoms with van der Waals surface area (Å²) in [6, 6.07) is 13.2. The number of esters is 1. The number of rotatable bonds is 9. The molecule has 0 heterocycles. The molecule has 25 heavy (non-hydrogen) atoms. The number of carbonyl (C=O) groups excluding carboxylic acids is 1. The Bertz CT molecular complexity index is 707. The standard InChI is InChI=1S/C19H23ClN2O3/c1-2-25-19(24)17-8-7-16(12-18(17)20)22-15-6-3-5-14(11-15)13-21-9-4-10-23/h3,5-8,11-12,21-23H,2,4,9-10,13H2,1H3. The van der Waals surface area contributed by atoms with Gasteiger partial charge < -0.3 is 20.5 Å². The molecule has 0 saturated carbocycles. The van der Waals surface area contributed by atoms with Crippen LogP contribution in [0.2, 0.25) is 5.02 Å². The highest BCUT2D eigenvalue weighted by Gasteiger charge is 2.11. The van der Waals surface area contributed by atoms with E-state index in [-0.39, 0.29) is 6.61 Å². The molecule has 0 amide bonds. The van der Waals surface area contributed by atoms with Gasteiger partial charge in [0.25, 0.3) is 0 Å². The maximum absolute atomic E-state index is 11.8. The molecule has 6 heteroatoms. The van der Waals surface area contributed by atoms with Crippen molar-refractivity contribution in [1.82, 2.24) is 5.32 Å². The van der Waals surface area contributed by atoms with Crippen LogP contribution in [0, 0.1) is 0 Å². The first-order chi connectivity index (χ1) is 12.1. The monoisotopic (exact) mass is 362 g/mol. The predicted octanol–water partition coefficient (Wildman–Crippen LogP) is 3.73. The van der Waals surface area contributed by atoms with Crippen molar-refractivity contribution in [3.05, 3.63) is 58.6 Å². The lowest BCUT2D eigenvalue weighted by molar-refractivity contribution is 0.0526. The van der Waals surface area contributed by atoms with E-state index in [1.165, 1.54) is 0 Å². The molecule has 0 atom stereocenters. The van der Waals surface area contributed by atoms with Crippen LogP contribution < -0.4 is 10.6 Å². The van der Waals surface area contributed by atoms with E-state index in [4.69, 9.17) is 21.4 Å². The fourth-order valence-corrected chi connectivity index (χ4v) is 2.59. The van der Waals surface area contributed by atoms with Crippen LogP contribution in [-0.2, 0) is 11.3 Å². The lowest BCUT2D eigenvalue weighted by atomic mass is 10.1. The zero-order valence-electron chi connectivity index (χ0n) is 14.2. The summed E-state index contributed by atoms with van der Waals surface area (Å²) in [4.78, 5) is 11.8. The second-order valence-electron chi connectivity index (χ2n) is 5.49. The quantitative estimate of drug-likeness (QED) is 0.468. The first-order valence-corrected chi connectivity index (χ1v) is 8.66. The summed E-state index contributed by atoms with van der Waals surface area (Å²) in [5, 5.41) is 15.7. The lowest BCUT2D eigenvalue weighted by Crippen LogP contribution is -2.15. The topological polar surface area (TPSA) is 70.6 Å². The minimum Gasteiger partial charge on any atom is -0.462 e. The van der Waals surface area contributed by atoms with Crippen LogP contribution in [0.5, 0.6) is 0 Å². The number of carbonyl (C=O) groups is 1. The molecule has 0 radical (unpaired) electrons. The van der Waals surface area contributed by atoms with Crippen LogP contribution in [0.1, 0.15) is 29.3 Å². The summed E-state index contributed by atoms with van der Waals surface area (Å²) >= 11 is 6.18. The van der Waals surface area contributed by atoms with Gasteiger partial charge in [0, 0.05) is 24.5 Å². The third-order valence-electron chi connectivity index (χ3n) is 3.52. The van der Waals surface area contributed by atoms with Gasteiger partial charge in [-0.2, -0.15) is 0 Å². The van der Waals surface area contributed by atoms with E-state index in [9.17, 15) is 4.79 Å².